The van der Waals surface area contributed by atoms with Crippen LogP contribution >= 0.6 is 0 Å². The SMILES string of the molecule is CC.CCCCCCCOc1ccc2c(c1)NC(=O)CC2.[HH]. The summed E-state index contributed by atoms with van der Waals surface area (Å²) in [5, 5.41) is 2.90. The van der Waals surface area contributed by atoms with Gasteiger partial charge in [0, 0.05) is 19.6 Å². The molecular formula is C18H31NO2. The molecule has 120 valence electrons. The Kier molecular flexibility index (Phi) is 8.56. The topological polar surface area (TPSA) is 38.3 Å². The van der Waals surface area contributed by atoms with Gasteiger partial charge < -0.3 is 10.1 Å². The second-order valence-corrected chi connectivity index (χ2v) is 5.13. The van der Waals surface area contributed by atoms with Gasteiger partial charge in [0.05, 0.1) is 6.61 Å². The molecule has 21 heavy (non-hydrogen) atoms. The molecule has 0 fully saturated rings. The van der Waals surface area contributed by atoms with Crippen LogP contribution < -0.4 is 10.1 Å². The lowest BCUT2D eigenvalue weighted by atomic mass is 10.0. The molecule has 0 saturated heterocycles. The lowest BCUT2D eigenvalue weighted by molar-refractivity contribution is -0.116. The number of unbranched alkanes of at least 4 members (excludes halogenated alkanes) is 4. The number of amides is 1. The normalized spacial score (nSPS) is 12.8. The fourth-order valence-corrected chi connectivity index (χ4v) is 2.34. The molecule has 0 radical (unpaired) electrons. The van der Waals surface area contributed by atoms with Crippen LogP contribution in [0.3, 0.4) is 0 Å². The number of rotatable bonds is 7. The summed E-state index contributed by atoms with van der Waals surface area (Å²) in [6.07, 6.45) is 7.62. The number of aryl methyl sites for hydroxylation is 1. The smallest absolute Gasteiger partial charge is 0.224 e. The van der Waals surface area contributed by atoms with Crippen molar-refractivity contribution in [2.75, 3.05) is 11.9 Å². The summed E-state index contributed by atoms with van der Waals surface area (Å²) < 4.78 is 5.74. The van der Waals surface area contributed by atoms with Crippen LogP contribution in [0, 0.1) is 0 Å². The first kappa shape index (κ1) is 17.5. The van der Waals surface area contributed by atoms with Gasteiger partial charge in [0.1, 0.15) is 5.75 Å². The highest BCUT2D eigenvalue weighted by atomic mass is 16.5. The van der Waals surface area contributed by atoms with Gasteiger partial charge in [-0.25, -0.2) is 0 Å². The maximum absolute atomic E-state index is 11.3. The van der Waals surface area contributed by atoms with Crippen LogP contribution in [-0.2, 0) is 11.2 Å². The van der Waals surface area contributed by atoms with E-state index in [4.69, 9.17) is 4.74 Å². The van der Waals surface area contributed by atoms with Gasteiger partial charge in [-0.15, -0.1) is 0 Å². The molecule has 0 atom stereocenters. The molecule has 0 spiro atoms. The van der Waals surface area contributed by atoms with E-state index in [1.54, 1.807) is 0 Å². The average molecular weight is 293 g/mol. The Labute approximate surface area is 130 Å². The first-order valence-corrected chi connectivity index (χ1v) is 8.35. The van der Waals surface area contributed by atoms with Gasteiger partial charge in [-0.2, -0.15) is 0 Å². The molecule has 2 rings (SSSR count). The first-order chi connectivity index (χ1) is 10.3. The maximum atomic E-state index is 11.3. The fourth-order valence-electron chi connectivity index (χ4n) is 2.34. The lowest BCUT2D eigenvalue weighted by Crippen LogP contribution is -2.18. The number of ether oxygens (including phenoxy) is 1. The molecule has 0 saturated carbocycles. The van der Waals surface area contributed by atoms with Gasteiger partial charge in [-0.3, -0.25) is 4.79 Å². The zero-order chi connectivity index (χ0) is 15.5. The molecular weight excluding hydrogens is 262 g/mol. The predicted molar refractivity (Wildman–Crippen MR) is 91.1 cm³/mol. The van der Waals surface area contributed by atoms with E-state index in [1.807, 2.05) is 26.0 Å². The molecule has 1 amide bonds. The molecule has 1 aromatic carbocycles. The van der Waals surface area contributed by atoms with Crippen LogP contribution in [-0.4, -0.2) is 12.5 Å². The number of anilines is 1. The van der Waals surface area contributed by atoms with Gasteiger partial charge in [0.25, 0.3) is 0 Å². The third kappa shape index (κ3) is 6.19. The van der Waals surface area contributed by atoms with Crippen molar-refractivity contribution in [3.63, 3.8) is 0 Å². The highest BCUT2D eigenvalue weighted by molar-refractivity contribution is 5.94. The van der Waals surface area contributed by atoms with Crippen LogP contribution in [0.1, 0.15) is 66.3 Å². The second kappa shape index (κ2) is 10.3. The third-order valence-electron chi connectivity index (χ3n) is 3.49. The van der Waals surface area contributed by atoms with E-state index in [1.165, 1.54) is 31.2 Å². The number of carbonyl (C=O) groups is 1. The van der Waals surface area contributed by atoms with Crippen LogP contribution in [0.25, 0.3) is 0 Å². The van der Waals surface area contributed by atoms with Crippen molar-refractivity contribution in [3.8, 4) is 5.75 Å². The summed E-state index contributed by atoms with van der Waals surface area (Å²) in [6.45, 7) is 6.98. The van der Waals surface area contributed by atoms with E-state index in [-0.39, 0.29) is 7.33 Å². The molecule has 3 heteroatoms. The Morgan fingerprint density at radius 2 is 1.90 bits per heavy atom. The van der Waals surface area contributed by atoms with Crippen molar-refractivity contribution in [2.45, 2.75) is 65.7 Å². The Morgan fingerprint density at radius 3 is 2.67 bits per heavy atom. The van der Waals surface area contributed by atoms with Crippen LogP contribution in [0.4, 0.5) is 5.69 Å². The second-order valence-electron chi connectivity index (χ2n) is 5.13. The van der Waals surface area contributed by atoms with Gasteiger partial charge in [-0.1, -0.05) is 52.5 Å². The van der Waals surface area contributed by atoms with Gasteiger partial charge in [0.2, 0.25) is 5.91 Å². The van der Waals surface area contributed by atoms with Crippen molar-refractivity contribution < 1.29 is 11.0 Å². The van der Waals surface area contributed by atoms with E-state index >= 15 is 0 Å². The minimum atomic E-state index is 0. The van der Waals surface area contributed by atoms with Crippen molar-refractivity contribution in [2.24, 2.45) is 0 Å². The highest BCUT2D eigenvalue weighted by Crippen LogP contribution is 2.27. The summed E-state index contributed by atoms with van der Waals surface area (Å²) >= 11 is 0. The van der Waals surface area contributed by atoms with Crippen LogP contribution in [0.2, 0.25) is 0 Å². The van der Waals surface area contributed by atoms with Crippen molar-refractivity contribution in [3.05, 3.63) is 23.8 Å². The molecule has 1 heterocycles. The number of hydrogen-bond acceptors (Lipinski definition) is 2. The number of nitrogens with one attached hydrogen (secondary N) is 1. The van der Waals surface area contributed by atoms with Crippen LogP contribution in [0.5, 0.6) is 5.75 Å². The van der Waals surface area contributed by atoms with E-state index in [2.05, 4.69) is 18.3 Å². The highest BCUT2D eigenvalue weighted by Gasteiger charge is 2.14. The monoisotopic (exact) mass is 293 g/mol. The first-order valence-electron chi connectivity index (χ1n) is 8.35. The number of hydrogen-bond donors (Lipinski definition) is 1. The minimum Gasteiger partial charge on any atom is -0.494 e. The summed E-state index contributed by atoms with van der Waals surface area (Å²) in [6, 6.07) is 6.00. The van der Waals surface area contributed by atoms with E-state index in [0.717, 1.165) is 30.9 Å². The van der Waals surface area contributed by atoms with E-state index in [9.17, 15) is 4.79 Å². The van der Waals surface area contributed by atoms with Crippen molar-refractivity contribution in [1.82, 2.24) is 0 Å². The molecule has 1 aliphatic heterocycles. The molecule has 3 nitrogen and oxygen atoms in total. The third-order valence-corrected chi connectivity index (χ3v) is 3.49. The minimum absolute atomic E-state index is 0. The molecule has 0 unspecified atom stereocenters. The summed E-state index contributed by atoms with van der Waals surface area (Å²) in [5.74, 6) is 0.959. The molecule has 1 N–H and O–H groups in total. The van der Waals surface area contributed by atoms with Gasteiger partial charge in [0.15, 0.2) is 0 Å². The maximum Gasteiger partial charge on any atom is 0.224 e. The Balaban J connectivity index is 0.00000141. The Bertz CT molecular complexity index is 435. The van der Waals surface area contributed by atoms with Crippen LogP contribution in [0.15, 0.2) is 18.2 Å². The van der Waals surface area contributed by atoms with Gasteiger partial charge >= 0.3 is 0 Å². The quantitative estimate of drug-likeness (QED) is 0.702. The molecule has 0 aliphatic carbocycles. The molecule has 1 aliphatic rings. The number of fused-ring (bicyclic) bond motifs is 1. The van der Waals surface area contributed by atoms with E-state index in [0.29, 0.717) is 6.42 Å². The molecule has 0 aromatic heterocycles. The van der Waals surface area contributed by atoms with E-state index < -0.39 is 0 Å². The van der Waals surface area contributed by atoms with Crippen molar-refractivity contribution >= 4 is 11.6 Å². The Morgan fingerprint density at radius 1 is 1.14 bits per heavy atom. The van der Waals surface area contributed by atoms with Gasteiger partial charge in [-0.05, 0) is 24.5 Å². The predicted octanol–water partition coefficient (Wildman–Crippen LogP) is 5.19. The standard InChI is InChI=1S/C16H23NO2.C2H6.H2/c1-2-3-4-5-6-11-19-14-9-7-13-8-10-16(18)17-15(13)12-14;1-2;/h7,9,12H,2-6,8,10-11H2,1H3,(H,17,18);1-2H3;1H. The zero-order valence-corrected chi connectivity index (χ0v) is 13.7. The lowest BCUT2D eigenvalue weighted by Gasteiger charge is -2.17. The largest absolute Gasteiger partial charge is 0.494 e. The molecule has 1 aromatic rings. The number of benzene rings is 1. The van der Waals surface area contributed by atoms with Crippen molar-refractivity contribution in [1.29, 1.82) is 0 Å². The number of carbonyl (C=O) groups excluding carboxylic acids is 1. The summed E-state index contributed by atoms with van der Waals surface area (Å²) in [7, 11) is 0. The zero-order valence-electron chi connectivity index (χ0n) is 13.7. The molecule has 0 bridgehead atoms. The summed E-state index contributed by atoms with van der Waals surface area (Å²) in [5.41, 5.74) is 2.12. The fraction of sp³-hybridized carbons (Fsp3) is 0.611. The Hall–Kier alpha value is -1.51. The summed E-state index contributed by atoms with van der Waals surface area (Å²) in [4.78, 5) is 11.3. The average Bonchev–Trinajstić information content (AvgIpc) is 2.52.